The average molecular weight is 406 g/mol. The summed E-state index contributed by atoms with van der Waals surface area (Å²) in [5.74, 6) is 0.421. The predicted molar refractivity (Wildman–Crippen MR) is 110 cm³/mol. The standard InChI is InChI=1S/C21H16ClN5O2/c1-29-18-7-4-13(9-15(18)22)27-25-17-6-5-16-20(21(17)26-27)14(10-19(28)24-16)12-3-2-8-23-11-12/h2-9,11,14H,10H2,1H3,(H,24,28)/t14-/m1/s1. The van der Waals surface area contributed by atoms with E-state index in [2.05, 4.69) is 15.4 Å². The van der Waals surface area contributed by atoms with Crippen molar-refractivity contribution in [2.45, 2.75) is 12.3 Å². The molecule has 0 saturated heterocycles. The van der Waals surface area contributed by atoms with Crippen LogP contribution in [0, 0.1) is 0 Å². The third-order valence-corrected chi connectivity index (χ3v) is 5.35. The number of nitrogens with one attached hydrogen (secondary N) is 1. The number of methoxy groups -OCH3 is 1. The predicted octanol–water partition coefficient (Wildman–Crippen LogP) is 3.95. The summed E-state index contributed by atoms with van der Waals surface area (Å²) in [7, 11) is 1.57. The molecule has 0 saturated carbocycles. The summed E-state index contributed by atoms with van der Waals surface area (Å²) in [6.07, 6.45) is 3.84. The van der Waals surface area contributed by atoms with Gasteiger partial charge < -0.3 is 10.1 Å². The molecule has 0 bridgehead atoms. The van der Waals surface area contributed by atoms with Crippen LogP contribution in [-0.4, -0.2) is 33.0 Å². The first-order valence-corrected chi connectivity index (χ1v) is 9.45. The van der Waals surface area contributed by atoms with E-state index in [1.807, 2.05) is 30.3 Å². The fraction of sp³-hybridized carbons (Fsp3) is 0.143. The number of amides is 1. The van der Waals surface area contributed by atoms with Crippen LogP contribution in [-0.2, 0) is 4.79 Å². The molecule has 0 radical (unpaired) electrons. The molecule has 0 fully saturated rings. The molecule has 1 aliphatic rings. The van der Waals surface area contributed by atoms with Gasteiger partial charge in [0.25, 0.3) is 0 Å². The van der Waals surface area contributed by atoms with Crippen LogP contribution in [0.4, 0.5) is 5.69 Å². The van der Waals surface area contributed by atoms with E-state index in [1.54, 1.807) is 36.4 Å². The molecule has 29 heavy (non-hydrogen) atoms. The second-order valence-corrected chi connectivity index (χ2v) is 7.20. The third-order valence-electron chi connectivity index (χ3n) is 5.06. The van der Waals surface area contributed by atoms with Crippen molar-refractivity contribution in [3.8, 4) is 11.4 Å². The van der Waals surface area contributed by atoms with Crippen LogP contribution in [0.1, 0.15) is 23.5 Å². The highest BCUT2D eigenvalue weighted by atomic mass is 35.5. The van der Waals surface area contributed by atoms with Crippen LogP contribution in [0.2, 0.25) is 5.02 Å². The van der Waals surface area contributed by atoms with Crippen molar-refractivity contribution in [2.75, 3.05) is 12.4 Å². The molecule has 8 heteroatoms. The minimum absolute atomic E-state index is 0.0277. The molecule has 1 N–H and O–H groups in total. The normalized spacial score (nSPS) is 15.8. The smallest absolute Gasteiger partial charge is 0.225 e. The van der Waals surface area contributed by atoms with Gasteiger partial charge in [0.05, 0.1) is 17.8 Å². The molecule has 1 aliphatic heterocycles. The van der Waals surface area contributed by atoms with Gasteiger partial charge >= 0.3 is 0 Å². The number of anilines is 1. The van der Waals surface area contributed by atoms with Crippen LogP contribution in [0.25, 0.3) is 16.7 Å². The molecule has 2 aromatic heterocycles. The van der Waals surface area contributed by atoms with E-state index in [0.29, 0.717) is 17.2 Å². The van der Waals surface area contributed by atoms with Gasteiger partial charge in [0, 0.05) is 36.0 Å². The van der Waals surface area contributed by atoms with Crippen molar-refractivity contribution in [1.82, 2.24) is 20.0 Å². The van der Waals surface area contributed by atoms with E-state index < -0.39 is 0 Å². The zero-order valence-corrected chi connectivity index (χ0v) is 16.2. The summed E-state index contributed by atoms with van der Waals surface area (Å²) in [4.78, 5) is 18.0. The van der Waals surface area contributed by atoms with Crippen LogP contribution in [0.3, 0.4) is 0 Å². The lowest BCUT2D eigenvalue weighted by Gasteiger charge is -2.25. The Morgan fingerprint density at radius 2 is 2.10 bits per heavy atom. The second-order valence-electron chi connectivity index (χ2n) is 6.79. The number of pyridine rings is 1. The van der Waals surface area contributed by atoms with Crippen molar-refractivity contribution in [3.63, 3.8) is 0 Å². The average Bonchev–Trinajstić information content (AvgIpc) is 3.18. The first kappa shape index (κ1) is 17.6. The highest BCUT2D eigenvalue weighted by Crippen LogP contribution is 2.40. The zero-order chi connectivity index (χ0) is 20.0. The van der Waals surface area contributed by atoms with E-state index >= 15 is 0 Å². The molecule has 7 nitrogen and oxygen atoms in total. The molecule has 1 atom stereocenters. The Morgan fingerprint density at radius 1 is 1.21 bits per heavy atom. The maximum absolute atomic E-state index is 12.3. The Labute approximate surface area is 171 Å². The van der Waals surface area contributed by atoms with E-state index in [4.69, 9.17) is 21.4 Å². The van der Waals surface area contributed by atoms with Crippen molar-refractivity contribution in [2.24, 2.45) is 0 Å². The first-order chi connectivity index (χ1) is 14.1. The number of halogens is 1. The number of hydrogen-bond donors (Lipinski definition) is 1. The largest absolute Gasteiger partial charge is 0.495 e. The summed E-state index contributed by atoms with van der Waals surface area (Å²) in [6.45, 7) is 0. The van der Waals surface area contributed by atoms with E-state index in [1.165, 1.54) is 0 Å². The van der Waals surface area contributed by atoms with Gasteiger partial charge in [-0.05, 0) is 42.0 Å². The zero-order valence-electron chi connectivity index (χ0n) is 15.5. The lowest BCUT2D eigenvalue weighted by molar-refractivity contribution is -0.116. The summed E-state index contributed by atoms with van der Waals surface area (Å²) in [6, 6.07) is 13.0. The molecule has 0 aliphatic carbocycles. The number of ether oxygens (including phenoxy) is 1. The first-order valence-electron chi connectivity index (χ1n) is 9.07. The number of benzene rings is 2. The fourth-order valence-corrected chi connectivity index (χ4v) is 3.97. The molecule has 0 spiro atoms. The van der Waals surface area contributed by atoms with Gasteiger partial charge in [-0.2, -0.15) is 4.80 Å². The molecule has 2 aromatic carbocycles. The topological polar surface area (TPSA) is 81.9 Å². The SMILES string of the molecule is COc1ccc(-n2nc3ccc4c(c3n2)[C@@H](c2cccnc2)CC(=O)N4)cc1Cl. The van der Waals surface area contributed by atoms with E-state index in [-0.39, 0.29) is 11.8 Å². The minimum atomic E-state index is -0.138. The number of aromatic nitrogens is 4. The number of carbonyl (C=O) groups is 1. The monoisotopic (exact) mass is 405 g/mol. The van der Waals surface area contributed by atoms with Crippen molar-refractivity contribution >= 4 is 34.2 Å². The summed E-state index contributed by atoms with van der Waals surface area (Å²) < 4.78 is 5.21. The summed E-state index contributed by atoms with van der Waals surface area (Å²) in [5.41, 5.74) is 4.86. The Bertz CT molecular complexity index is 1240. The summed E-state index contributed by atoms with van der Waals surface area (Å²) in [5, 5.41) is 12.8. The maximum atomic E-state index is 12.3. The van der Waals surface area contributed by atoms with Crippen molar-refractivity contribution in [3.05, 3.63) is 71.0 Å². The quantitative estimate of drug-likeness (QED) is 0.558. The highest BCUT2D eigenvalue weighted by Gasteiger charge is 2.30. The molecule has 1 amide bonds. The van der Waals surface area contributed by atoms with Gasteiger partial charge in [-0.1, -0.05) is 17.7 Å². The van der Waals surface area contributed by atoms with Gasteiger partial charge in [0.1, 0.15) is 16.8 Å². The lowest BCUT2D eigenvalue weighted by Crippen LogP contribution is -2.23. The Balaban J connectivity index is 1.68. The lowest BCUT2D eigenvalue weighted by atomic mass is 9.85. The highest BCUT2D eigenvalue weighted by molar-refractivity contribution is 6.32. The third kappa shape index (κ3) is 3.00. The Hall–Kier alpha value is -3.45. The Morgan fingerprint density at radius 3 is 2.86 bits per heavy atom. The van der Waals surface area contributed by atoms with Crippen LogP contribution in [0.5, 0.6) is 5.75 Å². The van der Waals surface area contributed by atoms with Gasteiger partial charge in [-0.25, -0.2) is 0 Å². The van der Waals surface area contributed by atoms with Gasteiger partial charge in [0.15, 0.2) is 0 Å². The van der Waals surface area contributed by atoms with Crippen LogP contribution < -0.4 is 10.1 Å². The molecule has 0 unspecified atom stereocenters. The fourth-order valence-electron chi connectivity index (χ4n) is 3.71. The van der Waals surface area contributed by atoms with E-state index in [9.17, 15) is 4.79 Å². The second kappa shape index (κ2) is 6.86. The molecule has 3 heterocycles. The van der Waals surface area contributed by atoms with Gasteiger partial charge in [-0.15, -0.1) is 10.2 Å². The molecular weight excluding hydrogens is 390 g/mol. The van der Waals surface area contributed by atoms with Gasteiger partial charge in [-0.3, -0.25) is 9.78 Å². The van der Waals surface area contributed by atoms with Crippen molar-refractivity contribution < 1.29 is 9.53 Å². The number of carbonyl (C=O) groups excluding carboxylic acids is 1. The maximum Gasteiger partial charge on any atom is 0.225 e. The molecule has 4 aromatic rings. The van der Waals surface area contributed by atoms with Gasteiger partial charge in [0.2, 0.25) is 5.91 Å². The number of rotatable bonds is 3. The summed E-state index contributed by atoms with van der Waals surface area (Å²) >= 11 is 6.26. The van der Waals surface area contributed by atoms with Crippen LogP contribution in [0.15, 0.2) is 54.9 Å². The molecular formula is C21H16ClN5O2. The number of hydrogen-bond acceptors (Lipinski definition) is 5. The van der Waals surface area contributed by atoms with Crippen molar-refractivity contribution in [1.29, 1.82) is 0 Å². The van der Waals surface area contributed by atoms with E-state index in [0.717, 1.165) is 33.5 Å². The van der Waals surface area contributed by atoms with Crippen LogP contribution >= 0.6 is 11.6 Å². The number of nitrogens with zero attached hydrogens (tertiary/aromatic N) is 4. The number of fused-ring (bicyclic) bond motifs is 3. The molecule has 144 valence electrons. The minimum Gasteiger partial charge on any atom is -0.495 e. The molecule has 5 rings (SSSR count). The Kier molecular flexibility index (Phi) is 4.17.